The van der Waals surface area contributed by atoms with Crippen molar-refractivity contribution < 1.29 is 4.79 Å². The van der Waals surface area contributed by atoms with Gasteiger partial charge in [0.1, 0.15) is 0 Å². The Morgan fingerprint density at radius 1 is 1.38 bits per heavy atom. The predicted molar refractivity (Wildman–Crippen MR) is 98.5 cm³/mol. The number of amides is 1. The molecule has 0 atom stereocenters. The minimum atomic E-state index is -0.0825. The summed E-state index contributed by atoms with van der Waals surface area (Å²) >= 11 is 2.88. The molecule has 0 aliphatic heterocycles. The van der Waals surface area contributed by atoms with Gasteiger partial charge in [0.05, 0.1) is 11.4 Å². The summed E-state index contributed by atoms with van der Waals surface area (Å²) in [5.74, 6) is 0.871. The molecule has 0 saturated carbocycles. The largest absolute Gasteiger partial charge is 0.351 e. The first-order chi connectivity index (χ1) is 11.6. The molecule has 1 amide bonds. The third kappa shape index (κ3) is 4.04. The van der Waals surface area contributed by atoms with Crippen molar-refractivity contribution in [3.63, 3.8) is 0 Å². The number of aryl methyl sites for hydroxylation is 1. The maximum absolute atomic E-state index is 11.9. The van der Waals surface area contributed by atoms with E-state index in [1.807, 2.05) is 36.6 Å². The Balaban J connectivity index is 1.49. The van der Waals surface area contributed by atoms with Crippen LogP contribution in [0.15, 0.2) is 46.7 Å². The van der Waals surface area contributed by atoms with Crippen molar-refractivity contribution in [1.29, 1.82) is 0 Å². The van der Waals surface area contributed by atoms with Gasteiger partial charge < -0.3 is 5.32 Å². The van der Waals surface area contributed by atoms with Crippen molar-refractivity contribution in [2.24, 2.45) is 0 Å². The van der Waals surface area contributed by atoms with Crippen molar-refractivity contribution in [1.82, 2.24) is 14.7 Å². The monoisotopic (exact) mass is 359 g/mol. The summed E-state index contributed by atoms with van der Waals surface area (Å²) in [6, 6.07) is 9.51. The van der Waals surface area contributed by atoms with E-state index in [9.17, 15) is 9.59 Å². The third-order valence-electron chi connectivity index (χ3n) is 3.58. The third-order valence-corrected chi connectivity index (χ3v) is 5.30. The first-order valence-electron chi connectivity index (χ1n) is 7.48. The molecule has 0 aliphatic carbocycles. The molecule has 0 bridgehead atoms. The molecule has 2 aromatic heterocycles. The van der Waals surface area contributed by atoms with E-state index >= 15 is 0 Å². The molecule has 5 nitrogen and oxygen atoms in total. The van der Waals surface area contributed by atoms with Crippen LogP contribution in [-0.4, -0.2) is 21.0 Å². The number of rotatable bonds is 6. The Labute approximate surface area is 147 Å². The Hall–Kier alpha value is -2.12. The van der Waals surface area contributed by atoms with Crippen molar-refractivity contribution in [2.45, 2.75) is 19.2 Å². The second-order valence-electron chi connectivity index (χ2n) is 5.34. The van der Waals surface area contributed by atoms with E-state index in [0.717, 1.165) is 5.56 Å². The number of hydrogen-bond acceptors (Lipinski definition) is 5. The summed E-state index contributed by atoms with van der Waals surface area (Å²) in [6.07, 6.45) is 1.71. The zero-order valence-corrected chi connectivity index (χ0v) is 14.8. The van der Waals surface area contributed by atoms with Gasteiger partial charge in [-0.25, -0.2) is 4.98 Å². The van der Waals surface area contributed by atoms with Gasteiger partial charge in [-0.05, 0) is 18.1 Å². The van der Waals surface area contributed by atoms with Crippen LogP contribution in [0.5, 0.6) is 0 Å². The minimum Gasteiger partial charge on any atom is -0.351 e. The number of carbonyl (C=O) groups excluding carboxylic acids is 1. The molecule has 0 aliphatic rings. The Morgan fingerprint density at radius 3 is 3.04 bits per heavy atom. The lowest BCUT2D eigenvalue weighted by Crippen LogP contribution is -2.25. The van der Waals surface area contributed by atoms with Crippen LogP contribution >= 0.6 is 23.1 Å². The van der Waals surface area contributed by atoms with Gasteiger partial charge >= 0.3 is 0 Å². The number of carbonyl (C=O) groups is 1. The van der Waals surface area contributed by atoms with Gasteiger partial charge in [0.15, 0.2) is 4.96 Å². The summed E-state index contributed by atoms with van der Waals surface area (Å²) < 4.78 is 1.52. The molecule has 0 saturated heterocycles. The van der Waals surface area contributed by atoms with Gasteiger partial charge in [0.2, 0.25) is 5.91 Å². The summed E-state index contributed by atoms with van der Waals surface area (Å²) in [6.45, 7) is 2.56. The fourth-order valence-electron chi connectivity index (χ4n) is 2.26. The summed E-state index contributed by atoms with van der Waals surface area (Å²) in [4.78, 5) is 28.9. The smallest absolute Gasteiger partial charge is 0.258 e. The molecule has 7 heteroatoms. The van der Waals surface area contributed by atoms with Crippen LogP contribution in [0.3, 0.4) is 0 Å². The highest BCUT2D eigenvalue weighted by molar-refractivity contribution is 7.99. The molecular formula is C17H17N3O2S2. The summed E-state index contributed by atoms with van der Waals surface area (Å²) in [5, 5.41) is 4.75. The highest BCUT2D eigenvalue weighted by atomic mass is 32.2. The molecule has 0 fully saturated rings. The summed E-state index contributed by atoms with van der Waals surface area (Å²) in [7, 11) is 0. The standard InChI is InChI=1S/C17H17N3O2S2/c1-12-4-2-3-5-13(12)9-18-15(21)11-23-10-14-8-16(22)20-6-7-24-17(20)19-14/h2-8H,9-11H2,1H3,(H,18,21). The second-order valence-corrected chi connectivity index (χ2v) is 7.20. The molecule has 0 radical (unpaired) electrons. The topological polar surface area (TPSA) is 63.5 Å². The Morgan fingerprint density at radius 2 is 2.21 bits per heavy atom. The molecule has 3 rings (SSSR count). The molecule has 0 spiro atoms. The Bertz CT molecular complexity index is 917. The Kier molecular flexibility index (Phi) is 5.32. The van der Waals surface area contributed by atoms with E-state index in [-0.39, 0.29) is 11.5 Å². The normalized spacial score (nSPS) is 10.9. The van der Waals surface area contributed by atoms with E-state index in [1.54, 1.807) is 6.20 Å². The average Bonchev–Trinajstić information content (AvgIpc) is 3.03. The van der Waals surface area contributed by atoms with Crippen LogP contribution in [0, 0.1) is 6.92 Å². The molecule has 0 unspecified atom stereocenters. The SMILES string of the molecule is Cc1ccccc1CNC(=O)CSCc1cc(=O)n2ccsc2n1. The lowest BCUT2D eigenvalue weighted by molar-refractivity contribution is -0.118. The number of benzene rings is 1. The van der Waals surface area contributed by atoms with Gasteiger partial charge in [0.25, 0.3) is 5.56 Å². The van der Waals surface area contributed by atoms with Gasteiger partial charge in [-0.1, -0.05) is 24.3 Å². The van der Waals surface area contributed by atoms with Crippen LogP contribution < -0.4 is 10.9 Å². The van der Waals surface area contributed by atoms with Crippen LogP contribution in [-0.2, 0) is 17.1 Å². The number of hydrogen-bond donors (Lipinski definition) is 1. The van der Waals surface area contributed by atoms with Gasteiger partial charge in [-0.15, -0.1) is 23.1 Å². The van der Waals surface area contributed by atoms with Crippen molar-refractivity contribution in [3.8, 4) is 0 Å². The highest BCUT2D eigenvalue weighted by Gasteiger charge is 2.06. The van der Waals surface area contributed by atoms with Crippen LogP contribution in [0.4, 0.5) is 0 Å². The first kappa shape index (κ1) is 16.7. The quantitative estimate of drug-likeness (QED) is 0.735. The predicted octanol–water partition coefficient (Wildman–Crippen LogP) is 2.61. The van der Waals surface area contributed by atoms with Gasteiger partial charge in [0, 0.05) is 29.9 Å². The fraction of sp³-hybridized carbons (Fsp3) is 0.235. The fourth-order valence-corrected chi connectivity index (χ4v) is 3.75. The number of nitrogens with zero attached hydrogens (tertiary/aromatic N) is 2. The number of thioether (sulfide) groups is 1. The zero-order valence-electron chi connectivity index (χ0n) is 13.2. The molecular weight excluding hydrogens is 342 g/mol. The van der Waals surface area contributed by atoms with E-state index < -0.39 is 0 Å². The highest BCUT2D eigenvalue weighted by Crippen LogP contribution is 2.12. The number of fused-ring (bicyclic) bond motifs is 1. The second kappa shape index (κ2) is 7.63. The van der Waals surface area contributed by atoms with Crippen LogP contribution in [0.1, 0.15) is 16.8 Å². The molecule has 1 aromatic carbocycles. The zero-order chi connectivity index (χ0) is 16.9. The molecule has 24 heavy (non-hydrogen) atoms. The van der Waals surface area contributed by atoms with Crippen molar-refractivity contribution in [2.75, 3.05) is 5.75 Å². The van der Waals surface area contributed by atoms with Gasteiger partial charge in [-0.2, -0.15) is 0 Å². The van der Waals surface area contributed by atoms with Gasteiger partial charge in [-0.3, -0.25) is 14.0 Å². The lowest BCUT2D eigenvalue weighted by atomic mass is 10.1. The van der Waals surface area contributed by atoms with E-state index in [1.165, 1.54) is 39.1 Å². The minimum absolute atomic E-state index is 0.0165. The van der Waals surface area contributed by atoms with E-state index in [4.69, 9.17) is 0 Å². The van der Waals surface area contributed by atoms with Crippen LogP contribution in [0.2, 0.25) is 0 Å². The van der Waals surface area contributed by atoms with Crippen molar-refractivity contribution >= 4 is 34.0 Å². The molecule has 3 aromatic rings. The number of thiazole rings is 1. The maximum atomic E-state index is 11.9. The van der Waals surface area contributed by atoms with Crippen LogP contribution in [0.25, 0.3) is 4.96 Å². The number of nitrogens with one attached hydrogen (secondary N) is 1. The van der Waals surface area contributed by atoms with E-state index in [0.29, 0.717) is 28.7 Å². The maximum Gasteiger partial charge on any atom is 0.258 e. The van der Waals surface area contributed by atoms with E-state index in [2.05, 4.69) is 10.3 Å². The number of aromatic nitrogens is 2. The first-order valence-corrected chi connectivity index (χ1v) is 9.51. The molecule has 2 heterocycles. The lowest BCUT2D eigenvalue weighted by Gasteiger charge is -2.07. The molecule has 124 valence electrons. The average molecular weight is 359 g/mol. The molecule has 1 N–H and O–H groups in total. The summed E-state index contributed by atoms with van der Waals surface area (Å²) in [5.41, 5.74) is 2.91. The van der Waals surface area contributed by atoms with Crippen molar-refractivity contribution in [3.05, 3.63) is 69.1 Å².